The number of H-pyrrole nitrogens is 2. The Morgan fingerprint density at radius 2 is 0.855 bits per heavy atom. The van der Waals surface area contributed by atoms with Gasteiger partial charge in [0.05, 0.1) is 51.1 Å². The number of aliphatic imine (C=N–C) groups is 4. The topological polar surface area (TPSA) is 309 Å². The molecule has 0 spiro atoms. The number of rotatable bonds is 15. The number of carbonyl (C=O) groups is 6. The van der Waals surface area contributed by atoms with Crippen LogP contribution in [-0.2, 0) is 41.6 Å². The maximum atomic E-state index is 14.1. The number of aromatic hydroxyl groups is 4. The van der Waals surface area contributed by atoms with Gasteiger partial charge in [-0.2, -0.15) is 0 Å². The fourth-order valence-electron chi connectivity index (χ4n) is 20.2. The summed E-state index contributed by atoms with van der Waals surface area (Å²) in [5.41, 5.74) is 24.5. The molecule has 6 aromatic carbocycles. The summed E-state index contributed by atoms with van der Waals surface area (Å²) < 4.78 is 0. The van der Waals surface area contributed by atoms with Crippen molar-refractivity contribution in [2.75, 3.05) is 26.2 Å². The van der Waals surface area contributed by atoms with Crippen LogP contribution in [0.5, 0.6) is 23.0 Å². The van der Waals surface area contributed by atoms with Crippen molar-refractivity contribution >= 4 is 90.5 Å². The summed E-state index contributed by atoms with van der Waals surface area (Å²) in [4.78, 5) is 116. The number of nitrogens with one attached hydrogen (secondary N) is 2. The maximum absolute atomic E-state index is 14.1. The number of phenols is 4. The molecule has 8 heterocycles. The van der Waals surface area contributed by atoms with E-state index in [-0.39, 0.29) is 128 Å². The van der Waals surface area contributed by atoms with Crippen molar-refractivity contribution in [2.24, 2.45) is 59.5 Å². The summed E-state index contributed by atoms with van der Waals surface area (Å²) in [6, 6.07) is 28.6. The first-order valence-electron chi connectivity index (χ1n) is 46.3. The van der Waals surface area contributed by atoms with Gasteiger partial charge in [0.15, 0.2) is 34.7 Å². The number of fused-ring (bicyclic) bond motifs is 10. The highest BCUT2D eigenvalue weighted by Gasteiger charge is 2.46. The molecule has 0 amide bonds. The molecule has 3 atom stereocenters. The zero-order valence-electron chi connectivity index (χ0n) is 79.6. The largest absolute Gasteiger partial charge is 0.508 e. The zero-order valence-corrected chi connectivity index (χ0v) is 79.6. The second-order valence-electron chi connectivity index (χ2n) is 38.9. The quantitative estimate of drug-likeness (QED) is 0.0374. The van der Waals surface area contributed by atoms with E-state index in [0.29, 0.717) is 93.0 Å². The van der Waals surface area contributed by atoms with Crippen LogP contribution in [-0.4, -0.2) is 137 Å². The van der Waals surface area contributed by atoms with Gasteiger partial charge in [-0.15, -0.1) is 0 Å². The van der Waals surface area contributed by atoms with Crippen LogP contribution in [0.4, 0.5) is 0 Å². The Balaban J connectivity index is 0.000000136. The number of aromatic nitrogens is 2. The highest BCUT2D eigenvalue weighted by Crippen LogP contribution is 2.52. The molecule has 19 heteroatoms. The second-order valence-corrected chi connectivity index (χ2v) is 38.9. The molecule has 18 rings (SSSR count). The number of aliphatic hydroxyl groups is 1. The lowest BCUT2D eigenvalue weighted by Gasteiger charge is -2.33. The number of carbonyl (C=O) groups excluding carboxylic acids is 6. The first kappa shape index (κ1) is 93.0. The van der Waals surface area contributed by atoms with Gasteiger partial charge in [-0.1, -0.05) is 132 Å². The number of benzene rings is 6. The third-order valence-electron chi connectivity index (χ3n) is 27.7. The van der Waals surface area contributed by atoms with Crippen molar-refractivity contribution in [1.29, 1.82) is 0 Å². The maximum Gasteiger partial charge on any atom is 0.186 e. The number of hydrogen-bond acceptors (Lipinski definition) is 17. The molecule has 8 aromatic rings. The van der Waals surface area contributed by atoms with Gasteiger partial charge in [-0.05, 0) is 282 Å². The van der Waals surface area contributed by atoms with Gasteiger partial charge in [0.2, 0.25) is 0 Å². The number of allylic oxidation sites excluding steroid dienone is 15. The van der Waals surface area contributed by atoms with Crippen LogP contribution in [0.25, 0.3) is 33.0 Å². The average molecular weight is 1760 g/mol. The molecule has 10 aliphatic rings. The van der Waals surface area contributed by atoms with Gasteiger partial charge in [-0.3, -0.25) is 58.7 Å². The predicted octanol–water partition coefficient (Wildman–Crippen LogP) is 18.1. The smallest absolute Gasteiger partial charge is 0.186 e. The Hall–Kier alpha value is -12.7. The molecule has 0 radical (unpaired) electrons. The summed E-state index contributed by atoms with van der Waals surface area (Å²) >= 11 is 0. The molecule has 2 aromatic heterocycles. The molecule has 6 aliphatic heterocycles. The first-order chi connectivity index (χ1) is 62.1. The lowest BCUT2D eigenvalue weighted by atomic mass is 9.69. The number of nitrogens with zero attached hydrogens (tertiary/aromatic N) is 6. The third kappa shape index (κ3) is 17.4. The molecule has 3 unspecified atom stereocenters. The highest BCUT2D eigenvalue weighted by atomic mass is 16.3. The van der Waals surface area contributed by atoms with E-state index in [4.69, 9.17) is 30.0 Å². The summed E-state index contributed by atoms with van der Waals surface area (Å²) in [6.45, 7) is 44.9. The number of phenolic OH excluding ortho intramolecular Hbond substituents is 4. The number of aryl methyl sites for hydroxylation is 4. The molecule has 7 N–H and O–H groups in total. The van der Waals surface area contributed by atoms with Crippen LogP contribution in [0.2, 0.25) is 0 Å². The average Bonchev–Trinajstić information content (AvgIpc) is 1.70. The van der Waals surface area contributed by atoms with Gasteiger partial charge in [0.25, 0.3) is 0 Å². The second kappa shape index (κ2) is 36.5. The van der Waals surface area contributed by atoms with Crippen molar-refractivity contribution in [1.82, 2.24) is 9.97 Å². The summed E-state index contributed by atoms with van der Waals surface area (Å²) in [7, 11) is 0. The number of aromatic amines is 2. The van der Waals surface area contributed by atoms with E-state index in [0.717, 1.165) is 127 Å². The van der Waals surface area contributed by atoms with E-state index in [1.807, 2.05) is 96.1 Å². The molecular formula is C112H122N8O11. The Morgan fingerprint density at radius 1 is 0.435 bits per heavy atom. The van der Waals surface area contributed by atoms with E-state index in [1.165, 1.54) is 44.9 Å². The van der Waals surface area contributed by atoms with Gasteiger partial charge in [0.1, 0.15) is 40.7 Å². The zero-order chi connectivity index (χ0) is 94.4. The third-order valence-corrected chi connectivity index (χ3v) is 27.7. The van der Waals surface area contributed by atoms with E-state index in [2.05, 4.69) is 123 Å². The van der Waals surface area contributed by atoms with Crippen molar-refractivity contribution in [3.05, 3.63) is 288 Å². The molecule has 19 nitrogen and oxygen atoms in total. The fourth-order valence-corrected chi connectivity index (χ4v) is 20.2. The van der Waals surface area contributed by atoms with Crippen LogP contribution in [0.3, 0.4) is 0 Å². The molecule has 0 fully saturated rings. The standard InChI is InChI=1S/C33H38N2O4.C33H34N2O4.C23H26N2O2.C23H24N2O/c2*1-15(2)22-13-25(36)18(6)27(32(22)38)29(28-19(7)26(37)14-23(16(3)4)33(28)39)31-30-21(10-11-34-31)20-9-8-17(5)12-24(20)35-30;1-13(2)18-11-23(27,15(4)10-21(18)26)12-20-22-17(7-8-24-20)16-6-5-14(3)9-19(16)25-22;1-13(2)19-11-16(15(4)10-22(19)26)12-21-23-18(7-8-24-21)17-6-5-14(3)9-20(17)25-23/h8-9,12-16,29,35-39H,10-11H2,1-7H3;8-9,12-16,29,35H,10-11H2,1-7H3;5-6,9-11,13,22,27H,7-8,12H2,1-4H3;5-6,9-13,23H,7-8H2,1-4H3/b;;;16-12-. The van der Waals surface area contributed by atoms with Crippen LogP contribution in [0, 0.1) is 71.1 Å². The number of Topliss-reactive ketones (excluding diaryl/α,β-unsaturated/α-hetero) is 2. The lowest BCUT2D eigenvalue weighted by Crippen LogP contribution is -2.39. The van der Waals surface area contributed by atoms with Gasteiger partial charge >= 0.3 is 0 Å². The first-order valence-corrected chi connectivity index (χ1v) is 46.3. The monoisotopic (exact) mass is 1750 g/mol. The van der Waals surface area contributed by atoms with Gasteiger partial charge in [0, 0.05) is 137 Å². The van der Waals surface area contributed by atoms with E-state index < -0.39 is 17.4 Å². The van der Waals surface area contributed by atoms with E-state index >= 15 is 0 Å². The number of hydrogen-bond donors (Lipinski definition) is 7. The Morgan fingerprint density at radius 3 is 1.32 bits per heavy atom. The van der Waals surface area contributed by atoms with Crippen molar-refractivity contribution in [3.63, 3.8) is 0 Å². The van der Waals surface area contributed by atoms with Crippen molar-refractivity contribution in [2.45, 2.75) is 220 Å². The Bertz CT molecular complexity index is 6890. The Kier molecular flexibility index (Phi) is 25.9. The molecule has 131 heavy (non-hydrogen) atoms. The molecule has 0 saturated heterocycles. The summed E-state index contributed by atoms with van der Waals surface area (Å²) in [5.74, 6) is -2.52. The van der Waals surface area contributed by atoms with Crippen LogP contribution < -0.4 is 21.2 Å². The minimum atomic E-state index is -1.17. The lowest BCUT2D eigenvalue weighted by molar-refractivity contribution is -0.117. The normalized spacial score (nSPS) is 19.7. The fraction of sp³-hybridized carbons (Fsp3) is 0.375. The highest BCUT2D eigenvalue weighted by molar-refractivity contribution is 6.31. The van der Waals surface area contributed by atoms with Crippen LogP contribution in [0.15, 0.2) is 219 Å². The number of ketones is 6. The van der Waals surface area contributed by atoms with Crippen molar-refractivity contribution < 1.29 is 54.3 Å². The summed E-state index contributed by atoms with van der Waals surface area (Å²) in [5, 5.41) is 63.8. The van der Waals surface area contributed by atoms with E-state index in [1.54, 1.807) is 58.1 Å². The molecule has 4 aliphatic carbocycles. The van der Waals surface area contributed by atoms with Gasteiger partial charge in [-0.25, -0.2) is 0 Å². The molecule has 676 valence electrons. The molecule has 0 bridgehead atoms. The molecular weight excluding hydrogens is 1630 g/mol. The van der Waals surface area contributed by atoms with Gasteiger partial charge < -0.3 is 35.5 Å². The SMILES string of the molecule is CC1=C(C(C2=NCCc3c2[nH]c2cc(C)ccc32)C2=C(C)C(=O)C=C(C(C)C)C2=O)C(=O)C(C(C)C)=CC1=O.CC1=CC(=O)C(C(C)C)=C/C1=C/C1=NCCC2=c3ccc(C)cc3=NC12.CC1=CC(=O)C(C(C)C)=CC1(O)CC1=NCCC2=c3ccc(C)cc3=NC12.Cc1ccc2c3c([nH]c2c1)C(C(c1c(C)c(O)cc(C(C)C)c1O)c1c(C)c(O)cc(C(C)C)c1O)=NCC3. The minimum Gasteiger partial charge on any atom is -0.508 e. The Labute approximate surface area is 766 Å². The van der Waals surface area contributed by atoms with Crippen molar-refractivity contribution in [3.8, 4) is 23.0 Å². The molecule has 0 saturated carbocycles. The van der Waals surface area contributed by atoms with Crippen LogP contribution >= 0.6 is 0 Å². The van der Waals surface area contributed by atoms with E-state index in [9.17, 15) is 54.3 Å². The minimum absolute atomic E-state index is 0.00144. The predicted molar refractivity (Wildman–Crippen MR) is 523 cm³/mol. The summed E-state index contributed by atoms with van der Waals surface area (Å²) in [6.07, 6.45) is 15.8. The van der Waals surface area contributed by atoms with Crippen LogP contribution in [0.1, 0.15) is 226 Å².